The molecule has 38 heavy (non-hydrogen) atoms. The van der Waals surface area contributed by atoms with Crippen molar-refractivity contribution in [3.05, 3.63) is 23.8 Å². The molecule has 0 bridgehead atoms. The molecule has 4 aliphatic rings. The van der Waals surface area contributed by atoms with Gasteiger partial charge in [-0.05, 0) is 106 Å². The van der Waals surface area contributed by atoms with Crippen LogP contribution in [0, 0.1) is 46.3 Å². The highest BCUT2D eigenvalue weighted by Gasteiger charge is 2.66. The summed E-state index contributed by atoms with van der Waals surface area (Å²) < 4.78 is 6.96. The lowest BCUT2D eigenvalue weighted by atomic mass is 9.60. The Morgan fingerprint density at radius 2 is 1.76 bits per heavy atom. The van der Waals surface area contributed by atoms with E-state index in [0.717, 1.165) is 25.7 Å². The molecule has 0 aromatic heterocycles. The van der Waals surface area contributed by atoms with Gasteiger partial charge in [-0.1, -0.05) is 65.3 Å². The molecule has 0 heterocycles. The van der Waals surface area contributed by atoms with Crippen LogP contribution in [0.2, 0.25) is 18.1 Å². The SMILES string of the molecule is CC[Si](CC)(CC)OC(C)(C)[C@@H](C)/C=C/[C@@H](C)[C@H]1CC[C@H]2/C(=C/[C@@H](CO)[C@]34C[C@H]3CCC4=O)CCC[C@]12C. The molecule has 216 valence electrons. The zero-order valence-electron chi connectivity index (χ0n) is 25.9. The van der Waals surface area contributed by atoms with Crippen molar-refractivity contribution in [1.82, 2.24) is 0 Å². The van der Waals surface area contributed by atoms with Gasteiger partial charge in [-0.25, -0.2) is 0 Å². The third-order valence-electron chi connectivity index (χ3n) is 12.6. The zero-order valence-corrected chi connectivity index (χ0v) is 26.9. The standard InChI is InChI=1S/C34H58O3Si/c1-9-38(10-2,11-3)37-32(6,7)25(5)15-14-24(4)29-17-18-30-26(13-12-20-33(29,30)8)21-28(23-35)34-22-27(34)16-19-31(34)36/h14-15,21,24-25,27-30,35H,9-13,16-20,22-23H2,1-8H3/b15-14+,26-21+/t24-,25+,27-,28+,29-,30+,33-,34+/m1/s1. The Labute approximate surface area is 235 Å². The fourth-order valence-electron chi connectivity index (χ4n) is 9.34. The highest BCUT2D eigenvalue weighted by Crippen LogP contribution is 2.67. The van der Waals surface area contributed by atoms with Crippen LogP contribution in [0.25, 0.3) is 0 Å². The van der Waals surface area contributed by atoms with Crippen molar-refractivity contribution in [3.8, 4) is 0 Å². The summed E-state index contributed by atoms with van der Waals surface area (Å²) in [7, 11) is -1.65. The summed E-state index contributed by atoms with van der Waals surface area (Å²) in [5, 5.41) is 10.4. The van der Waals surface area contributed by atoms with E-state index < -0.39 is 8.32 Å². The second-order valence-electron chi connectivity index (χ2n) is 14.5. The Kier molecular flexibility index (Phi) is 8.98. The van der Waals surface area contributed by atoms with Gasteiger partial charge in [0.2, 0.25) is 0 Å². The summed E-state index contributed by atoms with van der Waals surface area (Å²) in [6.07, 6.45) is 16.4. The molecule has 0 aliphatic heterocycles. The molecule has 4 fully saturated rings. The maximum absolute atomic E-state index is 12.8. The highest BCUT2D eigenvalue weighted by atomic mass is 28.4. The van der Waals surface area contributed by atoms with Crippen molar-refractivity contribution in [2.75, 3.05) is 6.61 Å². The van der Waals surface area contributed by atoms with E-state index in [2.05, 4.69) is 73.6 Å². The molecule has 0 radical (unpaired) electrons. The molecule has 1 N–H and O–H groups in total. The van der Waals surface area contributed by atoms with Crippen LogP contribution in [0.3, 0.4) is 0 Å². The Bertz CT molecular complexity index is 908. The van der Waals surface area contributed by atoms with Gasteiger partial charge in [0.25, 0.3) is 0 Å². The molecule has 0 spiro atoms. The van der Waals surface area contributed by atoms with E-state index in [1.54, 1.807) is 5.57 Å². The molecule has 0 amide bonds. The summed E-state index contributed by atoms with van der Waals surface area (Å²) in [5.41, 5.74) is 1.55. The van der Waals surface area contributed by atoms with Crippen LogP contribution in [0.5, 0.6) is 0 Å². The van der Waals surface area contributed by atoms with Crippen LogP contribution >= 0.6 is 0 Å². The first kappa shape index (κ1) is 30.3. The molecule has 0 unspecified atom stereocenters. The summed E-state index contributed by atoms with van der Waals surface area (Å²) in [4.78, 5) is 12.8. The second kappa shape index (κ2) is 11.3. The average molecular weight is 543 g/mol. The number of allylic oxidation sites excluding steroid dienone is 2. The van der Waals surface area contributed by atoms with Gasteiger partial charge < -0.3 is 9.53 Å². The number of Topliss-reactive ketones (excluding diaryl/α,β-unsaturated/α-hetero) is 1. The minimum absolute atomic E-state index is 0.0457. The first-order valence-electron chi connectivity index (χ1n) is 16.2. The maximum atomic E-state index is 12.8. The summed E-state index contributed by atoms with van der Waals surface area (Å²) in [6, 6.07) is 3.59. The molecule has 8 atom stereocenters. The normalized spacial score (nSPS) is 36.9. The molecular weight excluding hydrogens is 484 g/mol. The van der Waals surface area contributed by atoms with Crippen LogP contribution in [0.1, 0.15) is 107 Å². The van der Waals surface area contributed by atoms with E-state index in [4.69, 9.17) is 4.43 Å². The Morgan fingerprint density at radius 1 is 1.08 bits per heavy atom. The molecule has 3 nitrogen and oxygen atoms in total. The van der Waals surface area contributed by atoms with E-state index in [1.807, 2.05) is 0 Å². The van der Waals surface area contributed by atoms with Gasteiger partial charge in [0, 0.05) is 23.7 Å². The van der Waals surface area contributed by atoms with Gasteiger partial charge in [0.15, 0.2) is 8.32 Å². The minimum Gasteiger partial charge on any atom is -0.411 e. The van der Waals surface area contributed by atoms with Gasteiger partial charge in [0.05, 0.1) is 12.2 Å². The first-order valence-corrected chi connectivity index (χ1v) is 18.7. The van der Waals surface area contributed by atoms with E-state index in [0.29, 0.717) is 40.8 Å². The average Bonchev–Trinajstić information content (AvgIpc) is 3.40. The predicted octanol–water partition coefficient (Wildman–Crippen LogP) is 8.74. The Hall–Kier alpha value is -0.713. The molecule has 4 rings (SSSR count). The van der Waals surface area contributed by atoms with E-state index in [-0.39, 0.29) is 23.5 Å². The monoisotopic (exact) mass is 542 g/mol. The van der Waals surface area contributed by atoms with E-state index >= 15 is 0 Å². The molecule has 0 aromatic rings. The van der Waals surface area contributed by atoms with Gasteiger partial charge in [-0.2, -0.15) is 0 Å². The largest absolute Gasteiger partial charge is 0.411 e. The fraction of sp³-hybridized carbons (Fsp3) is 0.853. The first-order chi connectivity index (χ1) is 17.9. The molecule has 4 heteroatoms. The second-order valence-corrected chi connectivity index (χ2v) is 19.2. The van der Waals surface area contributed by atoms with E-state index in [9.17, 15) is 9.90 Å². The third-order valence-corrected chi connectivity index (χ3v) is 17.4. The molecule has 0 saturated heterocycles. The maximum Gasteiger partial charge on any atom is 0.192 e. The van der Waals surface area contributed by atoms with Gasteiger partial charge >= 0.3 is 0 Å². The number of hydrogen-bond donors (Lipinski definition) is 1. The summed E-state index contributed by atoms with van der Waals surface area (Å²) in [6.45, 7) is 19.0. The van der Waals surface area contributed by atoms with Crippen molar-refractivity contribution >= 4 is 14.1 Å². The number of aliphatic hydroxyl groups excluding tert-OH is 1. The smallest absolute Gasteiger partial charge is 0.192 e. The lowest BCUT2D eigenvalue weighted by Gasteiger charge is -2.44. The van der Waals surface area contributed by atoms with Crippen molar-refractivity contribution in [2.45, 2.75) is 130 Å². The number of rotatable bonds is 12. The van der Waals surface area contributed by atoms with Crippen molar-refractivity contribution < 1.29 is 14.3 Å². The van der Waals surface area contributed by atoms with Gasteiger partial charge in [0.1, 0.15) is 5.78 Å². The Balaban J connectivity index is 1.46. The molecule has 4 saturated carbocycles. The van der Waals surface area contributed by atoms with Crippen LogP contribution in [-0.2, 0) is 9.22 Å². The number of fused-ring (bicyclic) bond motifs is 2. The van der Waals surface area contributed by atoms with Crippen LogP contribution in [0.15, 0.2) is 23.8 Å². The van der Waals surface area contributed by atoms with Crippen molar-refractivity contribution in [1.29, 1.82) is 0 Å². The zero-order chi connectivity index (χ0) is 27.9. The lowest BCUT2D eigenvalue weighted by Crippen LogP contribution is -2.47. The molecular formula is C34H58O3Si. The van der Waals surface area contributed by atoms with Crippen molar-refractivity contribution in [3.63, 3.8) is 0 Å². The van der Waals surface area contributed by atoms with Crippen molar-refractivity contribution in [2.24, 2.45) is 46.3 Å². The lowest BCUT2D eigenvalue weighted by molar-refractivity contribution is -0.124. The quantitative estimate of drug-likeness (QED) is 0.198. The topological polar surface area (TPSA) is 46.5 Å². The van der Waals surface area contributed by atoms with Crippen LogP contribution in [-0.4, -0.2) is 31.4 Å². The minimum atomic E-state index is -1.65. The molecule has 0 aromatic carbocycles. The number of ketones is 1. The van der Waals surface area contributed by atoms with E-state index in [1.165, 1.54) is 43.8 Å². The predicted molar refractivity (Wildman–Crippen MR) is 161 cm³/mol. The van der Waals surface area contributed by atoms with Gasteiger partial charge in [-0.15, -0.1) is 0 Å². The van der Waals surface area contributed by atoms with Crippen LogP contribution in [0.4, 0.5) is 0 Å². The summed E-state index contributed by atoms with van der Waals surface area (Å²) in [5.74, 6) is 3.24. The Morgan fingerprint density at radius 3 is 2.32 bits per heavy atom. The van der Waals surface area contributed by atoms with Gasteiger partial charge in [-0.3, -0.25) is 4.79 Å². The fourth-order valence-corrected chi connectivity index (χ4v) is 12.6. The number of carbonyl (C=O) groups excluding carboxylic acids is 1. The summed E-state index contributed by atoms with van der Waals surface area (Å²) >= 11 is 0. The van der Waals surface area contributed by atoms with Crippen LogP contribution < -0.4 is 0 Å². The number of aliphatic hydroxyl groups is 1. The highest BCUT2D eigenvalue weighted by molar-refractivity contribution is 6.73. The number of carbonyl (C=O) groups is 1. The number of hydrogen-bond acceptors (Lipinski definition) is 3. The third kappa shape index (κ3) is 5.20. The molecule has 4 aliphatic carbocycles.